The van der Waals surface area contributed by atoms with E-state index < -0.39 is 66.3 Å². The minimum Gasteiger partial charge on any atom is -0.468 e. The van der Waals surface area contributed by atoms with E-state index in [4.69, 9.17) is 4.74 Å². The second-order valence-electron chi connectivity index (χ2n) is 10.9. The van der Waals surface area contributed by atoms with Crippen molar-refractivity contribution in [1.29, 1.82) is 5.26 Å². The third kappa shape index (κ3) is 6.84. The largest absolute Gasteiger partial charge is 0.468 e. The lowest BCUT2D eigenvalue weighted by Gasteiger charge is -2.38. The molecular weight excluding hydrogens is 648 g/mol. The van der Waals surface area contributed by atoms with Gasteiger partial charge in [0.1, 0.15) is 30.8 Å². The number of alkyl halides is 3. The number of nitriles is 1. The molecule has 5 rings (SSSR count). The number of likely N-dealkylation sites (N-methyl/N-ethyl adjacent to an activating group) is 1. The van der Waals surface area contributed by atoms with Crippen LogP contribution in [-0.4, -0.2) is 71.2 Å². The van der Waals surface area contributed by atoms with E-state index in [1.807, 2.05) is 6.07 Å². The number of halogens is 4. The lowest BCUT2D eigenvalue weighted by Crippen LogP contribution is -2.55. The van der Waals surface area contributed by atoms with Crippen molar-refractivity contribution >= 4 is 29.5 Å². The minimum atomic E-state index is -4.75. The van der Waals surface area contributed by atoms with Gasteiger partial charge in [0, 0.05) is 23.6 Å². The Labute approximate surface area is 277 Å². The van der Waals surface area contributed by atoms with Gasteiger partial charge in [0.25, 0.3) is 17.7 Å². The number of esters is 1. The van der Waals surface area contributed by atoms with Gasteiger partial charge in [-0.25, -0.2) is 9.07 Å². The quantitative estimate of drug-likeness (QED) is 0.157. The van der Waals surface area contributed by atoms with Gasteiger partial charge in [-0.1, -0.05) is 36.4 Å². The van der Waals surface area contributed by atoms with Crippen LogP contribution in [0.5, 0.6) is 0 Å². The smallest absolute Gasteiger partial charge is 0.416 e. The number of aromatic nitrogens is 2. The predicted molar refractivity (Wildman–Crippen MR) is 166 cm³/mol. The summed E-state index contributed by atoms with van der Waals surface area (Å²) < 4.78 is 60.7. The molecule has 0 bridgehead atoms. The molecule has 0 spiro atoms. The van der Waals surface area contributed by atoms with Gasteiger partial charge >= 0.3 is 12.1 Å². The zero-order valence-electron chi connectivity index (χ0n) is 26.1. The second kappa shape index (κ2) is 14.0. The number of nitrogens with one attached hydrogen (secondary N) is 1. The van der Waals surface area contributed by atoms with Crippen molar-refractivity contribution in [3.8, 4) is 11.8 Å². The monoisotopic (exact) mass is 676 g/mol. The molecule has 2 heterocycles. The van der Waals surface area contributed by atoms with Crippen LogP contribution in [0.25, 0.3) is 5.69 Å². The Bertz CT molecular complexity index is 1940. The van der Waals surface area contributed by atoms with Crippen molar-refractivity contribution in [3.05, 3.63) is 113 Å². The van der Waals surface area contributed by atoms with Crippen LogP contribution in [-0.2, 0) is 20.5 Å². The fourth-order valence-electron chi connectivity index (χ4n) is 5.65. The molecule has 4 aromatic rings. The van der Waals surface area contributed by atoms with E-state index in [1.165, 1.54) is 21.7 Å². The van der Waals surface area contributed by atoms with Crippen LogP contribution >= 0.6 is 0 Å². The molecule has 3 aromatic carbocycles. The SMILES string of the molecule is CCN1C(=O)[C@H](NC(=O)c2cccc(C(F)(F)F)c2)[C@H](c2ccc(F)cc2)c2c(C(=O)N(CC#N)CC(=O)OC)nn(-c3ccccc3)c21. The van der Waals surface area contributed by atoms with Gasteiger partial charge in [-0.05, 0) is 55.0 Å². The van der Waals surface area contributed by atoms with E-state index in [0.29, 0.717) is 11.8 Å². The summed E-state index contributed by atoms with van der Waals surface area (Å²) in [5, 5.41) is 16.7. The summed E-state index contributed by atoms with van der Waals surface area (Å²) in [5.74, 6) is -5.18. The summed E-state index contributed by atoms with van der Waals surface area (Å²) in [6.07, 6.45) is -4.75. The maximum Gasteiger partial charge on any atom is 0.416 e. The van der Waals surface area contributed by atoms with E-state index in [-0.39, 0.29) is 34.7 Å². The number of benzene rings is 3. The molecule has 0 saturated heterocycles. The number of rotatable bonds is 9. The first-order chi connectivity index (χ1) is 23.4. The molecule has 0 unspecified atom stereocenters. The minimum absolute atomic E-state index is 0.00583. The molecule has 11 nitrogen and oxygen atoms in total. The van der Waals surface area contributed by atoms with Gasteiger partial charge in [0.15, 0.2) is 5.69 Å². The van der Waals surface area contributed by atoms with Crippen molar-refractivity contribution < 1.29 is 41.5 Å². The van der Waals surface area contributed by atoms with Crippen molar-refractivity contribution in [2.45, 2.75) is 25.1 Å². The van der Waals surface area contributed by atoms with Gasteiger partial charge in [0.05, 0.1) is 24.4 Å². The average Bonchev–Trinajstić information content (AvgIpc) is 3.48. The molecule has 0 aliphatic carbocycles. The summed E-state index contributed by atoms with van der Waals surface area (Å²) in [7, 11) is 1.11. The first-order valence-electron chi connectivity index (χ1n) is 14.9. The van der Waals surface area contributed by atoms with Crippen molar-refractivity contribution in [2.75, 3.05) is 31.6 Å². The highest BCUT2D eigenvalue weighted by atomic mass is 19.4. The molecule has 1 aliphatic heterocycles. The third-order valence-corrected chi connectivity index (χ3v) is 7.91. The Hall–Kier alpha value is -6.04. The Morgan fingerprint density at radius 3 is 2.35 bits per heavy atom. The van der Waals surface area contributed by atoms with Gasteiger partial charge in [-0.3, -0.25) is 24.1 Å². The summed E-state index contributed by atoms with van der Waals surface area (Å²) in [6.45, 7) is 0.459. The average molecular weight is 677 g/mol. The highest BCUT2D eigenvalue weighted by molar-refractivity contribution is 6.08. The molecule has 3 amide bonds. The third-order valence-electron chi connectivity index (χ3n) is 7.91. The number of hydrogen-bond acceptors (Lipinski definition) is 7. The fraction of sp³-hybridized carbons (Fsp3) is 0.235. The lowest BCUT2D eigenvalue weighted by atomic mass is 9.80. The topological polar surface area (TPSA) is 138 Å². The normalized spacial score (nSPS) is 15.6. The molecule has 49 heavy (non-hydrogen) atoms. The summed E-state index contributed by atoms with van der Waals surface area (Å²) in [5.41, 5.74) is -0.997. The summed E-state index contributed by atoms with van der Waals surface area (Å²) in [6, 6.07) is 17.3. The molecule has 252 valence electrons. The Balaban J connectivity index is 1.76. The highest BCUT2D eigenvalue weighted by Crippen LogP contribution is 2.44. The van der Waals surface area contributed by atoms with Crippen LogP contribution in [0.15, 0.2) is 78.9 Å². The fourth-order valence-corrected chi connectivity index (χ4v) is 5.65. The summed E-state index contributed by atoms with van der Waals surface area (Å²) >= 11 is 0. The summed E-state index contributed by atoms with van der Waals surface area (Å²) in [4.78, 5) is 56.6. The molecule has 15 heteroatoms. The first-order valence-corrected chi connectivity index (χ1v) is 14.9. The number of nitrogens with zero attached hydrogens (tertiary/aromatic N) is 5. The Morgan fingerprint density at radius 2 is 1.73 bits per heavy atom. The standard InChI is InChI=1S/C34H28F4N6O5/c1-3-43-31-27(29(41-44(31)24-10-5-4-6-11-24)32(47)42(17-16-39)19-25(45)49-2)26(20-12-14-23(35)15-13-20)28(33(43)48)40-30(46)21-8-7-9-22(18-21)34(36,37)38/h4-15,18,26,28H,3,17,19H2,1-2H3,(H,40,46)/t26-,28-/m1/s1. The number of amides is 3. The van der Waals surface area contributed by atoms with E-state index in [1.54, 1.807) is 37.3 Å². The van der Waals surface area contributed by atoms with Gasteiger partial charge in [-0.2, -0.15) is 23.5 Å². The van der Waals surface area contributed by atoms with Crippen LogP contribution in [0.3, 0.4) is 0 Å². The molecule has 2 atom stereocenters. The number of carbonyl (C=O) groups excluding carboxylic acids is 4. The molecule has 1 aromatic heterocycles. The molecule has 1 N–H and O–H groups in total. The van der Waals surface area contributed by atoms with Crippen LogP contribution in [0, 0.1) is 17.1 Å². The van der Waals surface area contributed by atoms with Crippen LogP contribution in [0.2, 0.25) is 0 Å². The van der Waals surface area contributed by atoms with E-state index in [2.05, 4.69) is 10.4 Å². The Kier molecular flexibility index (Phi) is 9.79. The number of fused-ring (bicyclic) bond motifs is 1. The van der Waals surface area contributed by atoms with E-state index in [0.717, 1.165) is 42.3 Å². The molecule has 0 saturated carbocycles. The highest BCUT2D eigenvalue weighted by Gasteiger charge is 2.48. The van der Waals surface area contributed by atoms with Crippen LogP contribution in [0.4, 0.5) is 23.4 Å². The number of methoxy groups -OCH3 is 1. The Morgan fingerprint density at radius 1 is 1.04 bits per heavy atom. The molecule has 0 radical (unpaired) electrons. The number of hydrogen-bond donors (Lipinski definition) is 1. The zero-order valence-corrected chi connectivity index (χ0v) is 26.1. The van der Waals surface area contributed by atoms with Crippen LogP contribution in [0.1, 0.15) is 50.4 Å². The first kappa shape index (κ1) is 34.3. The second-order valence-corrected chi connectivity index (χ2v) is 10.9. The zero-order chi connectivity index (χ0) is 35.5. The number of carbonyl (C=O) groups is 4. The maximum atomic E-state index is 14.4. The van der Waals surface area contributed by atoms with E-state index >= 15 is 0 Å². The van der Waals surface area contributed by atoms with E-state index in [9.17, 15) is 42.0 Å². The molecule has 0 fully saturated rings. The maximum absolute atomic E-state index is 14.4. The van der Waals surface area contributed by atoms with Crippen LogP contribution < -0.4 is 10.2 Å². The van der Waals surface area contributed by atoms with Crippen molar-refractivity contribution in [3.63, 3.8) is 0 Å². The number of ether oxygens (including phenoxy) is 1. The molecular formula is C34H28F4N6O5. The number of anilines is 1. The van der Waals surface area contributed by atoms with Crippen molar-refractivity contribution in [2.24, 2.45) is 0 Å². The van der Waals surface area contributed by atoms with Gasteiger partial charge in [0.2, 0.25) is 0 Å². The molecule has 1 aliphatic rings. The lowest BCUT2D eigenvalue weighted by molar-refractivity contribution is -0.141. The predicted octanol–water partition coefficient (Wildman–Crippen LogP) is 4.47. The van der Waals surface area contributed by atoms with Gasteiger partial charge in [-0.15, -0.1) is 0 Å². The van der Waals surface area contributed by atoms with Crippen molar-refractivity contribution in [1.82, 2.24) is 20.0 Å². The number of para-hydroxylation sites is 1. The van der Waals surface area contributed by atoms with Gasteiger partial charge < -0.3 is 15.0 Å².